The van der Waals surface area contributed by atoms with E-state index in [4.69, 9.17) is 16.7 Å². The molecule has 0 aromatic heterocycles. The van der Waals surface area contributed by atoms with Crippen LogP contribution in [-0.4, -0.2) is 26.1 Å². The third-order valence-corrected chi connectivity index (χ3v) is 2.62. The van der Waals surface area contributed by atoms with Crippen LogP contribution in [0.25, 0.3) is 10.4 Å². The van der Waals surface area contributed by atoms with Gasteiger partial charge in [0.25, 0.3) is 0 Å². The summed E-state index contributed by atoms with van der Waals surface area (Å²) in [4.78, 5) is 16.2. The lowest BCUT2D eigenvalue weighted by atomic mass is 10.2. The summed E-state index contributed by atoms with van der Waals surface area (Å²) in [5.41, 5.74) is 8.83. The van der Waals surface area contributed by atoms with Crippen LogP contribution in [-0.2, 0) is 4.79 Å². The quantitative estimate of drug-likeness (QED) is 0.251. The number of nitrogens with zero attached hydrogens (tertiary/aromatic N) is 4. The van der Waals surface area contributed by atoms with Gasteiger partial charge in [-0.1, -0.05) is 23.2 Å². The van der Waals surface area contributed by atoms with Crippen LogP contribution in [0.3, 0.4) is 0 Å². The van der Waals surface area contributed by atoms with E-state index in [1.807, 2.05) is 12.1 Å². The topological polar surface area (TPSA) is 78.3 Å². The van der Waals surface area contributed by atoms with Crippen LogP contribution in [0.1, 0.15) is 12.8 Å². The molecule has 0 aliphatic heterocycles. The molecule has 1 rings (SSSR count). The first kappa shape index (κ1) is 15.4. The summed E-state index contributed by atoms with van der Waals surface area (Å²) in [5.74, 6) is 2.88. The van der Waals surface area contributed by atoms with E-state index in [0.717, 1.165) is 0 Å². The van der Waals surface area contributed by atoms with E-state index in [0.29, 0.717) is 30.8 Å². The Morgan fingerprint density at radius 3 is 3.00 bits per heavy atom. The lowest BCUT2D eigenvalue weighted by molar-refractivity contribution is -0.118. The van der Waals surface area contributed by atoms with Gasteiger partial charge in [-0.2, -0.15) is 0 Å². The fourth-order valence-corrected chi connectivity index (χ4v) is 1.62. The first-order chi connectivity index (χ1) is 9.70. The Balaban J connectivity index is 2.70. The lowest BCUT2D eigenvalue weighted by Crippen LogP contribution is -2.26. The molecular weight excluding hydrogens is 256 g/mol. The highest BCUT2D eigenvalue weighted by molar-refractivity contribution is 5.94. The highest BCUT2D eigenvalue weighted by Crippen LogP contribution is 2.27. The third-order valence-electron chi connectivity index (χ3n) is 2.62. The van der Waals surface area contributed by atoms with Gasteiger partial charge in [0.15, 0.2) is 0 Å². The molecule has 0 unspecified atom stereocenters. The number of rotatable bonds is 7. The summed E-state index contributed by atoms with van der Waals surface area (Å²) in [6.45, 7) is 0.460. The molecule has 0 bridgehead atoms. The summed E-state index contributed by atoms with van der Waals surface area (Å²) in [6, 6.07) is 7.19. The maximum Gasteiger partial charge on any atom is 0.226 e. The zero-order valence-corrected chi connectivity index (χ0v) is 11.3. The van der Waals surface area contributed by atoms with Crippen LogP contribution in [0.5, 0.6) is 5.75 Å². The molecule has 104 valence electrons. The Morgan fingerprint density at radius 2 is 2.30 bits per heavy atom. The van der Waals surface area contributed by atoms with Gasteiger partial charge < -0.3 is 9.64 Å². The van der Waals surface area contributed by atoms with E-state index in [2.05, 4.69) is 15.9 Å². The van der Waals surface area contributed by atoms with Gasteiger partial charge >= 0.3 is 0 Å². The Morgan fingerprint density at radius 1 is 1.55 bits per heavy atom. The van der Waals surface area contributed by atoms with Gasteiger partial charge in [0.2, 0.25) is 5.91 Å². The molecule has 6 nitrogen and oxygen atoms in total. The van der Waals surface area contributed by atoms with Gasteiger partial charge in [-0.25, -0.2) is 0 Å². The summed E-state index contributed by atoms with van der Waals surface area (Å²) in [5, 5.41) is 3.40. The van der Waals surface area contributed by atoms with E-state index in [9.17, 15) is 4.79 Å². The van der Waals surface area contributed by atoms with Crippen molar-refractivity contribution < 1.29 is 9.53 Å². The largest absolute Gasteiger partial charge is 0.479 e. The van der Waals surface area contributed by atoms with Crippen molar-refractivity contribution in [1.29, 1.82) is 0 Å². The molecule has 0 fully saturated rings. The number of anilines is 1. The number of azide groups is 1. The number of hydrogen-bond acceptors (Lipinski definition) is 3. The standard InChI is InChI=1S/C14H16N4O2/c1-3-11-20-13-8-5-4-7-12(13)18(2)14(19)9-6-10-16-17-15/h1,4-5,7-8H,6,9-11H2,2H3. The van der Waals surface area contributed by atoms with Gasteiger partial charge in [-0.05, 0) is 24.1 Å². The first-order valence-electron chi connectivity index (χ1n) is 6.13. The average molecular weight is 272 g/mol. The van der Waals surface area contributed by atoms with Gasteiger partial charge in [0, 0.05) is 24.9 Å². The van der Waals surface area contributed by atoms with Crippen LogP contribution >= 0.6 is 0 Å². The van der Waals surface area contributed by atoms with E-state index in [1.54, 1.807) is 19.2 Å². The predicted molar refractivity (Wildman–Crippen MR) is 77.4 cm³/mol. The molecule has 0 radical (unpaired) electrons. The summed E-state index contributed by atoms with van der Waals surface area (Å²) < 4.78 is 5.40. The second-order valence-electron chi connectivity index (χ2n) is 3.97. The lowest BCUT2D eigenvalue weighted by Gasteiger charge is -2.20. The molecule has 0 spiro atoms. The molecule has 1 aromatic rings. The molecule has 1 aromatic carbocycles. The molecule has 0 aliphatic rings. The summed E-state index contributed by atoms with van der Waals surface area (Å²) >= 11 is 0. The summed E-state index contributed by atoms with van der Waals surface area (Å²) in [6.07, 6.45) is 5.98. The van der Waals surface area contributed by atoms with E-state index in [-0.39, 0.29) is 12.5 Å². The van der Waals surface area contributed by atoms with Crippen LogP contribution in [0.15, 0.2) is 29.4 Å². The van der Waals surface area contributed by atoms with Gasteiger partial charge in [-0.15, -0.1) is 6.42 Å². The van der Waals surface area contributed by atoms with Crippen LogP contribution in [0.2, 0.25) is 0 Å². The number of amides is 1. The van der Waals surface area contributed by atoms with Crippen molar-refractivity contribution in [1.82, 2.24) is 0 Å². The average Bonchev–Trinajstić information content (AvgIpc) is 2.49. The molecule has 20 heavy (non-hydrogen) atoms. The van der Waals surface area contributed by atoms with Gasteiger partial charge in [0.1, 0.15) is 12.4 Å². The molecule has 0 heterocycles. The maximum absolute atomic E-state index is 12.0. The van der Waals surface area contributed by atoms with Crippen molar-refractivity contribution >= 4 is 11.6 Å². The number of carbonyl (C=O) groups excluding carboxylic acids is 1. The number of benzene rings is 1. The van der Waals surface area contributed by atoms with Crippen LogP contribution in [0.4, 0.5) is 5.69 Å². The number of carbonyl (C=O) groups is 1. The Kier molecular flexibility index (Phi) is 6.52. The molecule has 0 aliphatic carbocycles. The number of para-hydroxylation sites is 2. The van der Waals surface area contributed by atoms with Gasteiger partial charge in [0.05, 0.1) is 5.69 Å². The normalized spacial score (nSPS) is 9.20. The highest BCUT2D eigenvalue weighted by Gasteiger charge is 2.14. The van der Waals surface area contributed by atoms with E-state index in [1.165, 1.54) is 4.90 Å². The molecule has 0 atom stereocenters. The number of ether oxygens (including phenoxy) is 1. The summed E-state index contributed by atoms with van der Waals surface area (Å²) in [7, 11) is 1.67. The van der Waals surface area contributed by atoms with Gasteiger partial charge in [-0.3, -0.25) is 4.79 Å². The van der Waals surface area contributed by atoms with Crippen molar-refractivity contribution in [3.05, 3.63) is 34.7 Å². The minimum Gasteiger partial charge on any atom is -0.479 e. The van der Waals surface area contributed by atoms with Crippen molar-refractivity contribution in [3.63, 3.8) is 0 Å². The van der Waals surface area contributed by atoms with Crippen LogP contribution < -0.4 is 9.64 Å². The highest BCUT2D eigenvalue weighted by atomic mass is 16.5. The molecule has 0 N–H and O–H groups in total. The Hall–Kier alpha value is -2.64. The van der Waals surface area contributed by atoms with Crippen molar-refractivity contribution in [2.75, 3.05) is 25.1 Å². The molecular formula is C14H16N4O2. The fourth-order valence-electron chi connectivity index (χ4n) is 1.62. The smallest absolute Gasteiger partial charge is 0.226 e. The second kappa shape index (κ2) is 8.46. The second-order valence-corrected chi connectivity index (χ2v) is 3.97. The zero-order valence-electron chi connectivity index (χ0n) is 11.3. The van der Waals surface area contributed by atoms with E-state index < -0.39 is 0 Å². The minimum atomic E-state index is -0.0742. The Labute approximate surface area is 118 Å². The molecule has 6 heteroatoms. The first-order valence-corrected chi connectivity index (χ1v) is 6.13. The fraction of sp³-hybridized carbons (Fsp3) is 0.357. The van der Waals surface area contributed by atoms with Crippen molar-refractivity contribution in [2.45, 2.75) is 12.8 Å². The van der Waals surface area contributed by atoms with Crippen LogP contribution in [0, 0.1) is 12.3 Å². The number of hydrogen-bond donors (Lipinski definition) is 0. The molecule has 1 amide bonds. The SMILES string of the molecule is C#CCOc1ccccc1N(C)C(=O)CCCN=[N+]=[N-]. The monoisotopic (exact) mass is 272 g/mol. The third kappa shape index (κ3) is 4.56. The molecule has 0 saturated carbocycles. The number of terminal acetylenes is 1. The Bertz CT molecular complexity index is 544. The van der Waals surface area contributed by atoms with Crippen molar-refractivity contribution in [2.24, 2.45) is 5.11 Å². The maximum atomic E-state index is 12.0. The minimum absolute atomic E-state index is 0.0742. The van der Waals surface area contributed by atoms with E-state index >= 15 is 0 Å². The predicted octanol–water partition coefficient (Wildman–Crippen LogP) is 2.75. The van der Waals surface area contributed by atoms with Crippen molar-refractivity contribution in [3.8, 4) is 18.1 Å². The molecule has 0 saturated heterocycles. The zero-order chi connectivity index (χ0) is 14.8.